The minimum absolute atomic E-state index is 0.276. The van der Waals surface area contributed by atoms with Crippen LogP contribution in [0.2, 0.25) is 0 Å². The average Bonchev–Trinajstić information content (AvgIpc) is 2.60. The number of carboxylic acids is 1. The summed E-state index contributed by atoms with van der Waals surface area (Å²) < 4.78 is 0. The van der Waals surface area contributed by atoms with E-state index >= 15 is 0 Å². The number of hydrogen-bond donors (Lipinski definition) is 1. The van der Waals surface area contributed by atoms with Gasteiger partial charge in [-0.3, -0.25) is 4.98 Å². The smallest absolute Gasteiger partial charge is 0.347 e. The molecule has 0 spiro atoms. The second-order valence-electron chi connectivity index (χ2n) is 3.40. The van der Waals surface area contributed by atoms with Gasteiger partial charge in [-0.1, -0.05) is 6.07 Å². The summed E-state index contributed by atoms with van der Waals surface area (Å²) >= 11 is 1.16. The maximum atomic E-state index is 10.9. The van der Waals surface area contributed by atoms with E-state index in [0.29, 0.717) is 10.7 Å². The quantitative estimate of drug-likeness (QED) is 0.867. The standard InChI is InChI=1S/C11H10N2O2S/c1-6-4-3-5-8(12-6)10-13-7(2)9(16-10)11(14)15/h3-5H,1-2H3,(H,14,15). The number of thiazole rings is 1. The van der Waals surface area contributed by atoms with Gasteiger partial charge in [-0.2, -0.15) is 0 Å². The van der Waals surface area contributed by atoms with E-state index in [2.05, 4.69) is 9.97 Å². The molecule has 0 fully saturated rings. The van der Waals surface area contributed by atoms with E-state index in [1.54, 1.807) is 6.92 Å². The number of pyridine rings is 1. The number of aryl methyl sites for hydroxylation is 2. The fraction of sp³-hybridized carbons (Fsp3) is 0.182. The molecule has 0 saturated carbocycles. The van der Waals surface area contributed by atoms with Gasteiger partial charge in [-0.25, -0.2) is 9.78 Å². The van der Waals surface area contributed by atoms with E-state index in [1.165, 1.54) is 0 Å². The highest BCUT2D eigenvalue weighted by Crippen LogP contribution is 2.26. The normalized spacial score (nSPS) is 10.4. The van der Waals surface area contributed by atoms with E-state index in [-0.39, 0.29) is 4.88 Å². The molecule has 0 radical (unpaired) electrons. The Hall–Kier alpha value is -1.75. The van der Waals surface area contributed by atoms with Gasteiger partial charge in [0.25, 0.3) is 0 Å². The molecule has 0 bridgehead atoms. The van der Waals surface area contributed by atoms with Gasteiger partial charge in [0.15, 0.2) is 0 Å². The van der Waals surface area contributed by atoms with Crippen LogP contribution in [0.1, 0.15) is 21.1 Å². The Labute approximate surface area is 96.6 Å². The van der Waals surface area contributed by atoms with Crippen LogP contribution in [0, 0.1) is 13.8 Å². The van der Waals surface area contributed by atoms with Crippen LogP contribution in [0.15, 0.2) is 18.2 Å². The van der Waals surface area contributed by atoms with E-state index in [4.69, 9.17) is 5.11 Å². The van der Waals surface area contributed by atoms with Crippen molar-refractivity contribution in [1.29, 1.82) is 0 Å². The molecule has 0 aliphatic carbocycles. The van der Waals surface area contributed by atoms with Crippen LogP contribution in [-0.2, 0) is 0 Å². The first-order chi connectivity index (χ1) is 7.58. The Morgan fingerprint density at radius 1 is 1.31 bits per heavy atom. The summed E-state index contributed by atoms with van der Waals surface area (Å²) in [5.41, 5.74) is 2.15. The number of hydrogen-bond acceptors (Lipinski definition) is 4. The highest BCUT2D eigenvalue weighted by Gasteiger charge is 2.15. The minimum atomic E-state index is -0.936. The van der Waals surface area contributed by atoms with Crippen molar-refractivity contribution >= 4 is 17.3 Å². The average molecular weight is 234 g/mol. The summed E-state index contributed by atoms with van der Waals surface area (Å²) in [5, 5.41) is 9.58. The van der Waals surface area contributed by atoms with Gasteiger partial charge < -0.3 is 5.11 Å². The second-order valence-corrected chi connectivity index (χ2v) is 4.40. The molecule has 0 aliphatic heterocycles. The third kappa shape index (κ3) is 1.94. The predicted octanol–water partition coefficient (Wildman–Crippen LogP) is 2.52. The zero-order valence-corrected chi connectivity index (χ0v) is 9.71. The fourth-order valence-corrected chi connectivity index (χ4v) is 2.24. The molecule has 82 valence electrons. The minimum Gasteiger partial charge on any atom is -0.477 e. The van der Waals surface area contributed by atoms with Crippen molar-refractivity contribution in [2.24, 2.45) is 0 Å². The summed E-state index contributed by atoms with van der Waals surface area (Å²) in [6.07, 6.45) is 0. The Kier molecular flexibility index (Phi) is 2.70. The number of aromatic nitrogens is 2. The van der Waals surface area contributed by atoms with Crippen molar-refractivity contribution in [1.82, 2.24) is 9.97 Å². The van der Waals surface area contributed by atoms with Crippen LogP contribution in [0.5, 0.6) is 0 Å². The molecular formula is C11H10N2O2S. The van der Waals surface area contributed by atoms with Crippen molar-refractivity contribution in [2.45, 2.75) is 13.8 Å². The molecule has 2 aromatic rings. The van der Waals surface area contributed by atoms with Crippen molar-refractivity contribution in [2.75, 3.05) is 0 Å². The molecule has 2 aromatic heterocycles. The van der Waals surface area contributed by atoms with E-state index in [9.17, 15) is 4.79 Å². The Morgan fingerprint density at radius 2 is 2.06 bits per heavy atom. The predicted molar refractivity (Wildman–Crippen MR) is 61.8 cm³/mol. The van der Waals surface area contributed by atoms with Crippen molar-refractivity contribution in [3.05, 3.63) is 34.5 Å². The summed E-state index contributed by atoms with van der Waals surface area (Å²) in [6.45, 7) is 3.58. The van der Waals surface area contributed by atoms with Gasteiger partial charge in [-0.05, 0) is 26.0 Å². The van der Waals surface area contributed by atoms with E-state index in [0.717, 1.165) is 22.7 Å². The third-order valence-electron chi connectivity index (χ3n) is 2.10. The van der Waals surface area contributed by atoms with Gasteiger partial charge in [0.05, 0.1) is 11.4 Å². The van der Waals surface area contributed by atoms with Crippen LogP contribution < -0.4 is 0 Å². The lowest BCUT2D eigenvalue weighted by Crippen LogP contribution is -1.94. The fourth-order valence-electron chi connectivity index (χ4n) is 1.37. The molecule has 0 aliphatic rings. The van der Waals surface area contributed by atoms with E-state index in [1.807, 2.05) is 25.1 Å². The first-order valence-corrected chi connectivity index (χ1v) is 5.54. The first kappa shape index (κ1) is 10.8. The van der Waals surface area contributed by atoms with Crippen molar-refractivity contribution in [3.8, 4) is 10.7 Å². The number of aromatic carboxylic acids is 1. The van der Waals surface area contributed by atoms with Gasteiger partial charge >= 0.3 is 5.97 Å². The third-order valence-corrected chi connectivity index (χ3v) is 3.27. The first-order valence-electron chi connectivity index (χ1n) is 4.72. The highest BCUT2D eigenvalue weighted by atomic mass is 32.1. The maximum Gasteiger partial charge on any atom is 0.347 e. The molecule has 0 atom stereocenters. The molecule has 0 aromatic carbocycles. The zero-order valence-electron chi connectivity index (χ0n) is 8.89. The van der Waals surface area contributed by atoms with Gasteiger partial charge in [0.2, 0.25) is 0 Å². The molecule has 0 saturated heterocycles. The number of nitrogens with zero attached hydrogens (tertiary/aromatic N) is 2. The number of carbonyl (C=O) groups is 1. The van der Waals surface area contributed by atoms with Gasteiger partial charge in [0.1, 0.15) is 9.88 Å². The maximum absolute atomic E-state index is 10.9. The van der Waals surface area contributed by atoms with Gasteiger partial charge in [-0.15, -0.1) is 11.3 Å². The summed E-state index contributed by atoms with van der Waals surface area (Å²) in [4.78, 5) is 19.7. The van der Waals surface area contributed by atoms with E-state index < -0.39 is 5.97 Å². The Balaban J connectivity index is 2.49. The molecule has 16 heavy (non-hydrogen) atoms. The Bertz CT molecular complexity index is 549. The van der Waals surface area contributed by atoms with Crippen LogP contribution >= 0.6 is 11.3 Å². The molecule has 2 heterocycles. The lowest BCUT2D eigenvalue weighted by atomic mass is 10.3. The topological polar surface area (TPSA) is 63.1 Å². The zero-order chi connectivity index (χ0) is 11.7. The molecule has 0 unspecified atom stereocenters. The van der Waals surface area contributed by atoms with Crippen LogP contribution in [0.4, 0.5) is 0 Å². The largest absolute Gasteiger partial charge is 0.477 e. The molecule has 5 heteroatoms. The van der Waals surface area contributed by atoms with Crippen LogP contribution in [-0.4, -0.2) is 21.0 Å². The summed E-state index contributed by atoms with van der Waals surface area (Å²) in [7, 11) is 0. The Morgan fingerprint density at radius 3 is 2.62 bits per heavy atom. The van der Waals surface area contributed by atoms with Crippen LogP contribution in [0.3, 0.4) is 0 Å². The lowest BCUT2D eigenvalue weighted by Gasteiger charge is -1.95. The monoisotopic (exact) mass is 234 g/mol. The highest BCUT2D eigenvalue weighted by molar-refractivity contribution is 7.17. The molecule has 1 N–H and O–H groups in total. The summed E-state index contributed by atoms with van der Waals surface area (Å²) in [6, 6.07) is 5.60. The summed E-state index contributed by atoms with van der Waals surface area (Å²) in [5.74, 6) is -0.936. The lowest BCUT2D eigenvalue weighted by molar-refractivity contribution is 0.0701. The van der Waals surface area contributed by atoms with Gasteiger partial charge in [0, 0.05) is 5.69 Å². The molecule has 2 rings (SSSR count). The second kappa shape index (κ2) is 4.02. The molecular weight excluding hydrogens is 224 g/mol. The number of rotatable bonds is 2. The molecule has 0 amide bonds. The number of carboxylic acid groups (broad SMARTS) is 1. The molecule has 4 nitrogen and oxygen atoms in total. The van der Waals surface area contributed by atoms with Crippen molar-refractivity contribution < 1.29 is 9.90 Å². The van der Waals surface area contributed by atoms with Crippen LogP contribution in [0.25, 0.3) is 10.7 Å². The SMILES string of the molecule is Cc1cccc(-c2nc(C)c(C(=O)O)s2)n1. The van der Waals surface area contributed by atoms with Crippen molar-refractivity contribution in [3.63, 3.8) is 0 Å².